The largest absolute Gasteiger partial charge is 0.417 e. The van der Waals surface area contributed by atoms with Crippen LogP contribution in [0.5, 0.6) is 0 Å². The first-order valence-corrected chi connectivity index (χ1v) is 14.2. The van der Waals surface area contributed by atoms with Gasteiger partial charge in [-0.3, -0.25) is 4.79 Å². The van der Waals surface area contributed by atoms with Crippen molar-refractivity contribution in [1.29, 1.82) is 0 Å². The predicted molar refractivity (Wildman–Crippen MR) is 182 cm³/mol. The topological polar surface area (TPSA) is 49.8 Å². The summed E-state index contributed by atoms with van der Waals surface area (Å²) in [6, 6.07) is 13.6. The maximum absolute atomic E-state index is 13.7. The lowest BCUT2D eigenvalue weighted by molar-refractivity contribution is -0.137. The van der Waals surface area contributed by atoms with Crippen molar-refractivity contribution in [3.8, 4) is 11.8 Å². The number of ether oxygens (including phenoxy) is 1. The Labute approximate surface area is 278 Å². The third-order valence-electron chi connectivity index (χ3n) is 9.82. The van der Waals surface area contributed by atoms with Crippen molar-refractivity contribution in [2.24, 2.45) is 11.3 Å². The van der Waals surface area contributed by atoms with Crippen LogP contribution in [0.2, 0.25) is 0 Å². The van der Waals surface area contributed by atoms with E-state index in [2.05, 4.69) is 36.1 Å². The number of hydrogen-bond acceptors (Lipinski definition) is 4. The van der Waals surface area contributed by atoms with Crippen molar-refractivity contribution in [2.75, 3.05) is 25.6 Å². The molecule has 0 unspecified atom stereocenters. The molecule has 44 heavy (non-hydrogen) atoms. The lowest BCUT2D eigenvalue weighted by Crippen LogP contribution is -2.53. The Morgan fingerprint density at radius 2 is 1.70 bits per heavy atom. The van der Waals surface area contributed by atoms with E-state index in [0.717, 1.165) is 22.9 Å². The van der Waals surface area contributed by atoms with Crippen molar-refractivity contribution >= 4 is 52.0 Å². The normalized spacial score (nSPS) is 28.8. The molecule has 3 aliphatic carbocycles. The first-order chi connectivity index (χ1) is 19.4. The van der Waals surface area contributed by atoms with E-state index in [0.29, 0.717) is 38.7 Å². The number of allylic oxidation sites excluding steroid dienone is 1. The molecule has 2 fully saturated rings. The fourth-order valence-electron chi connectivity index (χ4n) is 7.54. The number of nitrogens with zero attached hydrogens (tertiary/aromatic N) is 1. The van der Waals surface area contributed by atoms with Gasteiger partial charge >= 0.3 is 6.18 Å². The number of hydrogen-bond donors (Lipinski definition) is 1. The highest BCUT2D eigenvalue weighted by Gasteiger charge is 2.63. The van der Waals surface area contributed by atoms with Gasteiger partial charge in [0.15, 0.2) is 5.78 Å². The number of ketones is 1. The fourth-order valence-corrected chi connectivity index (χ4v) is 7.54. The van der Waals surface area contributed by atoms with E-state index in [1.807, 2.05) is 25.9 Å². The summed E-state index contributed by atoms with van der Waals surface area (Å²) in [5, 5.41) is 12.2. The van der Waals surface area contributed by atoms with Crippen LogP contribution in [0.25, 0.3) is 0 Å². The molecule has 1 N–H and O–H groups in total. The standard InChI is InChI=1S/C34H34F3NO3.3H2S/c1-32-19-27(21-8-10-24(11-9-21)38(2)3)30-26-13-12-25(39)18-23(26)20-41-31(30)29(32)15-17-33(32,40)16-14-22-6-4-5-7-28(22)34(35,36)37;;;/h4-11,18,27,29,31,40H,12-13,15,17,19-20H2,1-3H3;3*1H2/t27-,29+,31+,32+,33+;;;/m1.../s1. The van der Waals surface area contributed by atoms with Gasteiger partial charge in [0, 0.05) is 43.1 Å². The highest BCUT2D eigenvalue weighted by Crippen LogP contribution is 2.64. The van der Waals surface area contributed by atoms with Gasteiger partial charge in [0.1, 0.15) is 5.60 Å². The van der Waals surface area contributed by atoms with Crippen LogP contribution in [0, 0.1) is 23.2 Å². The second-order valence-corrected chi connectivity index (χ2v) is 12.3. The molecule has 0 radical (unpaired) electrons. The van der Waals surface area contributed by atoms with Gasteiger partial charge in [0.25, 0.3) is 0 Å². The van der Waals surface area contributed by atoms with Gasteiger partial charge in [-0.25, -0.2) is 0 Å². The number of halogens is 3. The molecule has 4 aliphatic rings. The molecule has 2 saturated carbocycles. The summed E-state index contributed by atoms with van der Waals surface area (Å²) in [4.78, 5) is 14.3. The van der Waals surface area contributed by atoms with E-state index < -0.39 is 22.8 Å². The van der Waals surface area contributed by atoms with E-state index in [1.165, 1.54) is 29.3 Å². The van der Waals surface area contributed by atoms with Gasteiger partial charge in [0.2, 0.25) is 0 Å². The molecule has 2 aromatic rings. The van der Waals surface area contributed by atoms with Crippen LogP contribution in [0.4, 0.5) is 18.9 Å². The van der Waals surface area contributed by atoms with E-state index >= 15 is 0 Å². The molecule has 0 aromatic heterocycles. The van der Waals surface area contributed by atoms with Crippen molar-refractivity contribution < 1.29 is 27.8 Å². The van der Waals surface area contributed by atoms with Gasteiger partial charge in [-0.2, -0.15) is 53.7 Å². The summed E-state index contributed by atoms with van der Waals surface area (Å²) < 4.78 is 47.5. The molecule has 238 valence electrons. The number of benzene rings is 2. The predicted octanol–water partition coefficient (Wildman–Crippen LogP) is 6.78. The van der Waals surface area contributed by atoms with Crippen molar-refractivity contribution in [2.45, 2.75) is 62.8 Å². The zero-order valence-electron chi connectivity index (χ0n) is 25.0. The maximum atomic E-state index is 13.7. The number of alkyl halides is 3. The molecule has 0 amide bonds. The second-order valence-electron chi connectivity index (χ2n) is 12.3. The number of carbonyl (C=O) groups excluding carboxylic acids is 1. The molecule has 10 heteroatoms. The zero-order chi connectivity index (χ0) is 29.2. The smallest absolute Gasteiger partial charge is 0.378 e. The van der Waals surface area contributed by atoms with Crippen LogP contribution >= 0.6 is 40.5 Å². The van der Waals surface area contributed by atoms with Gasteiger partial charge in [0.05, 0.1) is 18.3 Å². The Morgan fingerprint density at radius 1 is 1.02 bits per heavy atom. The van der Waals surface area contributed by atoms with Gasteiger partial charge < -0.3 is 14.7 Å². The van der Waals surface area contributed by atoms with Gasteiger partial charge in [-0.15, -0.1) is 0 Å². The summed E-state index contributed by atoms with van der Waals surface area (Å²) in [7, 11) is 3.97. The van der Waals surface area contributed by atoms with E-state index in [9.17, 15) is 23.1 Å². The number of aliphatic hydroxyl groups is 1. The van der Waals surface area contributed by atoms with Gasteiger partial charge in [-0.1, -0.05) is 43.0 Å². The lowest BCUT2D eigenvalue weighted by atomic mass is 9.55. The van der Waals surface area contributed by atoms with Crippen LogP contribution in [-0.2, 0) is 15.7 Å². The van der Waals surface area contributed by atoms with E-state index in [1.54, 1.807) is 6.08 Å². The average molecular weight is 664 g/mol. The summed E-state index contributed by atoms with van der Waals surface area (Å²) in [6.07, 6.45) is -0.355. The molecule has 0 bridgehead atoms. The minimum absolute atomic E-state index is 0. The number of anilines is 1. The molecule has 2 aromatic carbocycles. The van der Waals surface area contributed by atoms with Crippen molar-refractivity contribution in [3.05, 3.63) is 88.0 Å². The minimum Gasteiger partial charge on any atom is -0.378 e. The second kappa shape index (κ2) is 13.2. The number of carbonyl (C=O) groups is 1. The van der Waals surface area contributed by atoms with E-state index in [-0.39, 0.29) is 69.8 Å². The quantitative estimate of drug-likeness (QED) is 0.360. The van der Waals surface area contributed by atoms with E-state index in [4.69, 9.17) is 4.74 Å². The van der Waals surface area contributed by atoms with Crippen molar-refractivity contribution in [1.82, 2.24) is 0 Å². The summed E-state index contributed by atoms with van der Waals surface area (Å²) in [5.74, 6) is 5.66. The summed E-state index contributed by atoms with van der Waals surface area (Å²) >= 11 is 0. The highest BCUT2D eigenvalue weighted by molar-refractivity contribution is 7.59. The molecular weight excluding hydrogens is 624 g/mol. The van der Waals surface area contributed by atoms with Crippen LogP contribution in [0.15, 0.2) is 71.3 Å². The molecular formula is C34H40F3NO3S3. The van der Waals surface area contributed by atoms with Gasteiger partial charge in [-0.05, 0) is 84.2 Å². The highest BCUT2D eigenvalue weighted by atomic mass is 32.1. The van der Waals surface area contributed by atoms with Crippen molar-refractivity contribution in [3.63, 3.8) is 0 Å². The SMILES string of the molecule is CN(C)c1ccc([C@H]2C[C@@]3(C)[C@@H](CC[C@@]3(O)C#Cc3ccccc3C(F)(F)F)[C@@H]3OCC4=CC(=O)CCC4=C32)cc1.S.S.S. The maximum Gasteiger partial charge on any atom is 0.417 e. The molecule has 0 saturated heterocycles. The Hall–Kier alpha value is -2.29. The lowest BCUT2D eigenvalue weighted by Gasteiger charge is -2.53. The summed E-state index contributed by atoms with van der Waals surface area (Å²) in [6.45, 7) is 2.37. The number of rotatable bonds is 2. The number of fused-ring (bicyclic) bond motifs is 4. The van der Waals surface area contributed by atoms with Crippen LogP contribution in [0.1, 0.15) is 61.6 Å². The third-order valence-corrected chi connectivity index (χ3v) is 9.82. The minimum atomic E-state index is -4.53. The Bertz CT molecular complexity index is 1530. The molecule has 0 spiro atoms. The van der Waals surface area contributed by atoms with Crippen LogP contribution in [-0.4, -0.2) is 43.3 Å². The molecule has 5 atom stereocenters. The first kappa shape index (κ1) is 36.2. The first-order valence-electron chi connectivity index (χ1n) is 14.2. The summed E-state index contributed by atoms with van der Waals surface area (Å²) in [5.41, 5.74) is 2.35. The molecule has 4 nitrogen and oxygen atoms in total. The molecule has 6 rings (SSSR count). The fraction of sp³-hybridized carbons (Fsp3) is 0.441. The Morgan fingerprint density at radius 3 is 2.36 bits per heavy atom. The Kier molecular flexibility index (Phi) is 10.9. The van der Waals surface area contributed by atoms with Crippen LogP contribution < -0.4 is 4.90 Å². The average Bonchev–Trinajstić information content (AvgIpc) is 3.21. The molecule has 1 aliphatic heterocycles. The Balaban J connectivity index is 0.00000176. The third kappa shape index (κ3) is 6.11. The van der Waals surface area contributed by atoms with Crippen LogP contribution in [0.3, 0.4) is 0 Å². The monoisotopic (exact) mass is 663 g/mol. The zero-order valence-corrected chi connectivity index (χ0v) is 28.0. The molecule has 1 heterocycles.